The zero-order valence-electron chi connectivity index (χ0n) is 9.55. The molecule has 1 aliphatic rings. The first-order valence-electron chi connectivity index (χ1n) is 5.22. The van der Waals surface area contributed by atoms with Gasteiger partial charge in [0.25, 0.3) is 0 Å². The highest BCUT2D eigenvalue weighted by molar-refractivity contribution is 5.81. The molecule has 1 rings (SSSR count). The Morgan fingerprint density at radius 3 is 2.57 bits per heavy atom. The van der Waals surface area contributed by atoms with Crippen molar-refractivity contribution >= 4 is 5.91 Å². The van der Waals surface area contributed by atoms with Crippen LogP contribution in [0.25, 0.3) is 0 Å². The van der Waals surface area contributed by atoms with Crippen molar-refractivity contribution < 1.29 is 4.79 Å². The van der Waals surface area contributed by atoms with E-state index < -0.39 is 0 Å². The molecule has 4 nitrogen and oxygen atoms in total. The molecule has 1 heterocycles. The van der Waals surface area contributed by atoms with Crippen molar-refractivity contribution in [1.29, 1.82) is 0 Å². The molecular weight excluding hydrogens is 178 g/mol. The zero-order valence-corrected chi connectivity index (χ0v) is 9.55. The molecule has 14 heavy (non-hydrogen) atoms. The maximum absolute atomic E-state index is 11.8. The second-order valence-electron chi connectivity index (χ2n) is 4.87. The lowest BCUT2D eigenvalue weighted by Gasteiger charge is -2.27. The lowest BCUT2D eigenvalue weighted by Crippen LogP contribution is -2.52. The van der Waals surface area contributed by atoms with Crippen LogP contribution in [0.5, 0.6) is 0 Å². The Hall–Kier alpha value is -0.610. The van der Waals surface area contributed by atoms with Gasteiger partial charge in [-0.1, -0.05) is 0 Å². The lowest BCUT2D eigenvalue weighted by molar-refractivity contribution is -0.127. The minimum absolute atomic E-state index is 0.0864. The van der Waals surface area contributed by atoms with E-state index in [-0.39, 0.29) is 17.5 Å². The van der Waals surface area contributed by atoms with E-state index in [1.807, 2.05) is 32.7 Å². The summed E-state index contributed by atoms with van der Waals surface area (Å²) >= 11 is 0. The van der Waals surface area contributed by atoms with Gasteiger partial charge in [0.05, 0.1) is 0 Å². The Kier molecular flexibility index (Phi) is 3.50. The van der Waals surface area contributed by atoms with Crippen molar-refractivity contribution in [3.8, 4) is 0 Å². The Morgan fingerprint density at radius 2 is 2.14 bits per heavy atom. The second kappa shape index (κ2) is 4.28. The van der Waals surface area contributed by atoms with Gasteiger partial charge in [0.15, 0.2) is 0 Å². The largest absolute Gasteiger partial charge is 0.350 e. The molecule has 2 N–H and O–H groups in total. The van der Waals surface area contributed by atoms with Crippen LogP contribution >= 0.6 is 0 Å². The van der Waals surface area contributed by atoms with E-state index in [0.717, 1.165) is 19.5 Å². The number of hydrazine groups is 1. The third kappa shape index (κ3) is 3.27. The van der Waals surface area contributed by atoms with E-state index in [2.05, 4.69) is 10.7 Å². The molecule has 0 aromatic carbocycles. The van der Waals surface area contributed by atoms with E-state index in [1.165, 1.54) is 0 Å². The second-order valence-corrected chi connectivity index (χ2v) is 4.87. The van der Waals surface area contributed by atoms with Crippen molar-refractivity contribution in [2.75, 3.05) is 13.1 Å². The fourth-order valence-corrected chi connectivity index (χ4v) is 1.50. The first kappa shape index (κ1) is 11.5. The Labute approximate surface area is 86.0 Å². The summed E-state index contributed by atoms with van der Waals surface area (Å²) in [7, 11) is 0. The van der Waals surface area contributed by atoms with Crippen LogP contribution in [0.4, 0.5) is 0 Å². The summed E-state index contributed by atoms with van der Waals surface area (Å²) in [5, 5.41) is 4.98. The predicted octanol–water partition coefficient (Wildman–Crippen LogP) is 0.500. The highest BCUT2D eigenvalue weighted by Gasteiger charge is 2.26. The minimum Gasteiger partial charge on any atom is -0.350 e. The van der Waals surface area contributed by atoms with Crippen molar-refractivity contribution in [3.05, 3.63) is 0 Å². The third-order valence-electron chi connectivity index (χ3n) is 2.24. The molecule has 0 aliphatic carbocycles. The van der Waals surface area contributed by atoms with Gasteiger partial charge >= 0.3 is 0 Å². The average Bonchev–Trinajstić information content (AvgIpc) is 2.51. The van der Waals surface area contributed by atoms with Crippen molar-refractivity contribution in [2.24, 2.45) is 0 Å². The summed E-state index contributed by atoms with van der Waals surface area (Å²) in [6.45, 7) is 9.85. The molecule has 0 saturated carbocycles. The molecule has 4 heteroatoms. The topological polar surface area (TPSA) is 44.4 Å². The van der Waals surface area contributed by atoms with Gasteiger partial charge in [-0.05, 0) is 34.1 Å². The van der Waals surface area contributed by atoms with E-state index in [9.17, 15) is 4.79 Å². The quantitative estimate of drug-likeness (QED) is 0.680. The maximum Gasteiger partial charge on any atom is 0.238 e. The van der Waals surface area contributed by atoms with Gasteiger partial charge in [0.2, 0.25) is 5.91 Å². The SMILES string of the molecule is CC(C(=O)NC(C)(C)C)N1CCCN1. The van der Waals surface area contributed by atoms with Gasteiger partial charge in [0.1, 0.15) is 6.04 Å². The monoisotopic (exact) mass is 199 g/mol. The van der Waals surface area contributed by atoms with Gasteiger partial charge in [-0.3, -0.25) is 10.2 Å². The summed E-state index contributed by atoms with van der Waals surface area (Å²) in [5.41, 5.74) is 3.05. The summed E-state index contributed by atoms with van der Waals surface area (Å²) in [4.78, 5) is 11.8. The fraction of sp³-hybridized carbons (Fsp3) is 0.900. The molecule has 1 amide bonds. The van der Waals surface area contributed by atoms with E-state index in [0.29, 0.717) is 0 Å². The number of carbonyl (C=O) groups excluding carboxylic acids is 1. The lowest BCUT2D eigenvalue weighted by atomic mass is 10.1. The minimum atomic E-state index is -0.148. The Bertz CT molecular complexity index is 204. The maximum atomic E-state index is 11.8. The normalized spacial score (nSPS) is 20.9. The molecule has 0 bridgehead atoms. The van der Waals surface area contributed by atoms with E-state index >= 15 is 0 Å². The van der Waals surface area contributed by atoms with E-state index in [4.69, 9.17) is 0 Å². The number of nitrogens with one attached hydrogen (secondary N) is 2. The molecule has 1 unspecified atom stereocenters. The van der Waals surface area contributed by atoms with Gasteiger partial charge in [-0.2, -0.15) is 0 Å². The summed E-state index contributed by atoms with van der Waals surface area (Å²) < 4.78 is 0. The predicted molar refractivity (Wildman–Crippen MR) is 56.7 cm³/mol. The summed E-state index contributed by atoms with van der Waals surface area (Å²) in [6.07, 6.45) is 1.12. The Morgan fingerprint density at radius 1 is 1.50 bits per heavy atom. The van der Waals surface area contributed by atoms with Crippen LogP contribution < -0.4 is 10.7 Å². The van der Waals surface area contributed by atoms with Gasteiger partial charge in [-0.15, -0.1) is 0 Å². The average molecular weight is 199 g/mol. The van der Waals surface area contributed by atoms with Crippen LogP contribution in [-0.2, 0) is 4.79 Å². The van der Waals surface area contributed by atoms with Gasteiger partial charge < -0.3 is 5.32 Å². The first-order valence-corrected chi connectivity index (χ1v) is 5.22. The number of amides is 1. The van der Waals surface area contributed by atoms with Crippen LogP contribution in [-0.4, -0.2) is 35.6 Å². The molecule has 82 valence electrons. The van der Waals surface area contributed by atoms with Crippen LogP contribution in [0.1, 0.15) is 34.1 Å². The molecule has 0 spiro atoms. The van der Waals surface area contributed by atoms with Crippen LogP contribution in [0.2, 0.25) is 0 Å². The highest BCUT2D eigenvalue weighted by Crippen LogP contribution is 2.05. The smallest absolute Gasteiger partial charge is 0.238 e. The fourth-order valence-electron chi connectivity index (χ4n) is 1.50. The molecule has 1 atom stereocenters. The third-order valence-corrected chi connectivity index (χ3v) is 2.24. The molecular formula is C10H21N3O. The van der Waals surface area contributed by atoms with Crippen molar-refractivity contribution in [2.45, 2.75) is 45.7 Å². The summed E-state index contributed by atoms with van der Waals surface area (Å²) in [5.74, 6) is 0.0897. The molecule has 1 saturated heterocycles. The molecule has 0 aromatic heterocycles. The van der Waals surface area contributed by atoms with Crippen molar-refractivity contribution in [3.63, 3.8) is 0 Å². The molecule has 1 aliphatic heterocycles. The van der Waals surface area contributed by atoms with Gasteiger partial charge in [-0.25, -0.2) is 5.01 Å². The zero-order chi connectivity index (χ0) is 10.8. The first-order chi connectivity index (χ1) is 6.40. The molecule has 0 radical (unpaired) electrons. The number of carbonyl (C=O) groups is 1. The molecule has 0 aromatic rings. The summed E-state index contributed by atoms with van der Waals surface area (Å²) in [6, 6.07) is -0.0864. The number of hydrogen-bond acceptors (Lipinski definition) is 3. The number of nitrogens with zero attached hydrogens (tertiary/aromatic N) is 1. The van der Waals surface area contributed by atoms with Crippen LogP contribution in [0, 0.1) is 0 Å². The number of hydrogen-bond donors (Lipinski definition) is 2. The van der Waals surface area contributed by atoms with Crippen LogP contribution in [0.15, 0.2) is 0 Å². The van der Waals surface area contributed by atoms with Gasteiger partial charge in [0, 0.05) is 18.6 Å². The van der Waals surface area contributed by atoms with Crippen molar-refractivity contribution in [1.82, 2.24) is 15.8 Å². The van der Waals surface area contributed by atoms with E-state index in [1.54, 1.807) is 0 Å². The molecule has 1 fully saturated rings. The number of rotatable bonds is 2. The standard InChI is InChI=1S/C10H21N3O/c1-8(13-7-5-6-11-13)9(14)12-10(2,3)4/h8,11H,5-7H2,1-4H3,(H,12,14). The highest BCUT2D eigenvalue weighted by atomic mass is 16.2. The Balaban J connectivity index is 2.43. The van der Waals surface area contributed by atoms with Crippen LogP contribution in [0.3, 0.4) is 0 Å².